The lowest BCUT2D eigenvalue weighted by atomic mass is 9.79. The van der Waals surface area contributed by atoms with Crippen molar-refractivity contribution in [1.82, 2.24) is 10.2 Å². The topological polar surface area (TPSA) is 35.6 Å². The molecule has 4 heteroatoms. The number of hydrogen-bond acceptors (Lipinski definition) is 3. The third-order valence-corrected chi connectivity index (χ3v) is 7.77. The Kier molecular flexibility index (Phi) is 7.48. The number of amides is 1. The Morgan fingerprint density at radius 1 is 1.13 bits per heavy atom. The van der Waals surface area contributed by atoms with E-state index in [4.69, 9.17) is 0 Å². The molecule has 3 aliphatic rings. The van der Waals surface area contributed by atoms with E-state index in [-0.39, 0.29) is 5.92 Å². The van der Waals surface area contributed by atoms with Crippen molar-refractivity contribution in [3.05, 3.63) is 29.3 Å². The van der Waals surface area contributed by atoms with Crippen LogP contribution in [0.4, 0.5) is 5.69 Å². The summed E-state index contributed by atoms with van der Waals surface area (Å²) in [5.74, 6) is 1.51. The zero-order chi connectivity index (χ0) is 20.9. The molecule has 0 aromatic heterocycles. The largest absolute Gasteiger partial charge is 0.314 e. The Labute approximate surface area is 183 Å². The third-order valence-electron chi connectivity index (χ3n) is 7.77. The van der Waals surface area contributed by atoms with Gasteiger partial charge in [-0.25, -0.2) is 0 Å². The molecule has 2 aliphatic heterocycles. The molecule has 1 N–H and O–H groups in total. The highest BCUT2D eigenvalue weighted by atomic mass is 16.2. The SMILES string of the molecule is CCCCC1CCC(C(=O)N2CCc3cc(CC(C)N4CCNCC4)ccc32)CC1. The van der Waals surface area contributed by atoms with Crippen molar-refractivity contribution >= 4 is 11.6 Å². The zero-order valence-electron chi connectivity index (χ0n) is 19.2. The first-order valence-electron chi connectivity index (χ1n) is 12.5. The van der Waals surface area contributed by atoms with Crippen LogP contribution in [0.5, 0.6) is 0 Å². The number of rotatable bonds is 7. The molecule has 1 aliphatic carbocycles. The van der Waals surface area contributed by atoms with Crippen LogP contribution < -0.4 is 10.2 Å². The van der Waals surface area contributed by atoms with Crippen LogP contribution in [0.1, 0.15) is 69.9 Å². The number of nitrogens with zero attached hydrogens (tertiary/aromatic N) is 2. The van der Waals surface area contributed by atoms with Crippen molar-refractivity contribution in [3.8, 4) is 0 Å². The van der Waals surface area contributed by atoms with Gasteiger partial charge in [0, 0.05) is 50.4 Å². The summed E-state index contributed by atoms with van der Waals surface area (Å²) in [6.45, 7) is 10.0. The Bertz CT molecular complexity index is 704. The van der Waals surface area contributed by atoms with Gasteiger partial charge < -0.3 is 10.2 Å². The first-order chi connectivity index (χ1) is 14.7. The number of piperazine rings is 1. The summed E-state index contributed by atoms with van der Waals surface area (Å²) in [5, 5.41) is 3.44. The lowest BCUT2D eigenvalue weighted by molar-refractivity contribution is -0.123. The molecule has 2 heterocycles. The highest BCUT2D eigenvalue weighted by Gasteiger charge is 2.33. The van der Waals surface area contributed by atoms with Gasteiger partial charge in [-0.05, 0) is 68.6 Å². The van der Waals surface area contributed by atoms with Gasteiger partial charge >= 0.3 is 0 Å². The predicted molar refractivity (Wildman–Crippen MR) is 125 cm³/mol. The van der Waals surface area contributed by atoms with Gasteiger partial charge in [-0.2, -0.15) is 0 Å². The summed E-state index contributed by atoms with van der Waals surface area (Å²) in [5.41, 5.74) is 3.99. The van der Waals surface area contributed by atoms with Gasteiger partial charge in [-0.1, -0.05) is 38.3 Å². The normalized spacial score (nSPS) is 25.9. The summed E-state index contributed by atoms with van der Waals surface area (Å²) < 4.78 is 0. The quantitative estimate of drug-likeness (QED) is 0.722. The fraction of sp³-hybridized carbons (Fsp3) is 0.731. The molecule has 1 saturated heterocycles. The van der Waals surface area contributed by atoms with E-state index in [1.54, 1.807) is 0 Å². The second-order valence-corrected chi connectivity index (χ2v) is 9.90. The highest BCUT2D eigenvalue weighted by Crippen LogP contribution is 2.36. The Morgan fingerprint density at radius 3 is 2.63 bits per heavy atom. The summed E-state index contributed by atoms with van der Waals surface area (Å²) in [6.07, 6.45) is 10.8. The van der Waals surface area contributed by atoms with Crippen molar-refractivity contribution in [2.75, 3.05) is 37.6 Å². The van der Waals surface area contributed by atoms with E-state index in [1.807, 2.05) is 0 Å². The van der Waals surface area contributed by atoms with Crippen molar-refractivity contribution in [2.24, 2.45) is 11.8 Å². The van der Waals surface area contributed by atoms with E-state index in [9.17, 15) is 4.79 Å². The minimum absolute atomic E-state index is 0.251. The van der Waals surface area contributed by atoms with Gasteiger partial charge in [0.1, 0.15) is 0 Å². The van der Waals surface area contributed by atoms with Crippen LogP contribution in [0.2, 0.25) is 0 Å². The van der Waals surface area contributed by atoms with E-state index in [1.165, 1.54) is 48.9 Å². The smallest absolute Gasteiger partial charge is 0.230 e. The second kappa shape index (κ2) is 10.3. The van der Waals surface area contributed by atoms with Gasteiger partial charge in [-0.3, -0.25) is 9.69 Å². The standard InChI is InChI=1S/C26H41N3O/c1-3-4-5-21-6-9-23(10-7-21)26(30)29-15-12-24-19-22(8-11-25(24)29)18-20(2)28-16-13-27-14-17-28/h8,11,19-21,23,27H,3-7,9-10,12-18H2,1-2H3. The van der Waals surface area contributed by atoms with E-state index in [0.717, 1.165) is 64.3 Å². The lowest BCUT2D eigenvalue weighted by Crippen LogP contribution is -2.48. The molecule has 0 radical (unpaired) electrons. The second-order valence-electron chi connectivity index (χ2n) is 9.90. The molecule has 1 aromatic rings. The van der Waals surface area contributed by atoms with Gasteiger partial charge in [0.05, 0.1) is 0 Å². The number of unbranched alkanes of at least 4 members (excludes halogenated alkanes) is 1. The lowest BCUT2D eigenvalue weighted by Gasteiger charge is -2.33. The van der Waals surface area contributed by atoms with Gasteiger partial charge in [0.15, 0.2) is 0 Å². The first kappa shape index (κ1) is 21.8. The fourth-order valence-electron chi connectivity index (χ4n) is 5.82. The molecule has 1 saturated carbocycles. The highest BCUT2D eigenvalue weighted by molar-refractivity contribution is 5.97. The van der Waals surface area contributed by atoms with Crippen LogP contribution in [0.15, 0.2) is 18.2 Å². The molecule has 1 unspecified atom stereocenters. The molecule has 0 bridgehead atoms. The van der Waals surface area contributed by atoms with E-state index in [2.05, 4.69) is 47.2 Å². The molecular weight excluding hydrogens is 370 g/mol. The summed E-state index contributed by atoms with van der Waals surface area (Å²) in [4.78, 5) is 18.0. The number of hydrogen-bond donors (Lipinski definition) is 1. The van der Waals surface area contributed by atoms with Crippen LogP contribution in [-0.4, -0.2) is 49.6 Å². The van der Waals surface area contributed by atoms with Crippen LogP contribution >= 0.6 is 0 Å². The van der Waals surface area contributed by atoms with Gasteiger partial charge in [-0.15, -0.1) is 0 Å². The van der Waals surface area contributed by atoms with Crippen LogP contribution in [0.25, 0.3) is 0 Å². The number of fused-ring (bicyclic) bond motifs is 1. The maximum Gasteiger partial charge on any atom is 0.230 e. The Hall–Kier alpha value is -1.39. The number of nitrogens with one attached hydrogen (secondary N) is 1. The molecule has 1 atom stereocenters. The molecule has 1 amide bonds. The average molecular weight is 412 g/mol. The first-order valence-corrected chi connectivity index (χ1v) is 12.5. The summed E-state index contributed by atoms with van der Waals surface area (Å²) >= 11 is 0. The predicted octanol–water partition coefficient (Wildman–Crippen LogP) is 4.41. The molecule has 2 fully saturated rings. The number of anilines is 1. The molecule has 30 heavy (non-hydrogen) atoms. The van der Waals surface area contributed by atoms with Crippen LogP contribution in [0.3, 0.4) is 0 Å². The number of carbonyl (C=O) groups excluding carboxylic acids is 1. The van der Waals surface area contributed by atoms with E-state index < -0.39 is 0 Å². The Morgan fingerprint density at radius 2 is 1.90 bits per heavy atom. The van der Waals surface area contributed by atoms with Gasteiger partial charge in [0.2, 0.25) is 5.91 Å². The van der Waals surface area contributed by atoms with E-state index >= 15 is 0 Å². The van der Waals surface area contributed by atoms with Crippen molar-refractivity contribution in [1.29, 1.82) is 0 Å². The monoisotopic (exact) mass is 411 g/mol. The average Bonchev–Trinajstić information content (AvgIpc) is 3.21. The summed E-state index contributed by atoms with van der Waals surface area (Å²) in [6, 6.07) is 7.45. The fourth-order valence-corrected chi connectivity index (χ4v) is 5.82. The number of carbonyl (C=O) groups is 1. The molecule has 1 aromatic carbocycles. The molecule has 0 spiro atoms. The Balaban J connectivity index is 1.33. The molecule has 166 valence electrons. The molecule has 4 nitrogen and oxygen atoms in total. The summed E-state index contributed by atoms with van der Waals surface area (Å²) in [7, 11) is 0. The minimum atomic E-state index is 0.251. The van der Waals surface area contributed by atoms with Crippen molar-refractivity contribution in [3.63, 3.8) is 0 Å². The minimum Gasteiger partial charge on any atom is -0.314 e. The van der Waals surface area contributed by atoms with E-state index in [0.29, 0.717) is 11.9 Å². The van der Waals surface area contributed by atoms with Crippen LogP contribution in [-0.2, 0) is 17.6 Å². The van der Waals surface area contributed by atoms with Crippen LogP contribution in [0, 0.1) is 11.8 Å². The van der Waals surface area contributed by atoms with Crippen molar-refractivity contribution < 1.29 is 4.79 Å². The zero-order valence-corrected chi connectivity index (χ0v) is 19.2. The third kappa shape index (κ3) is 5.08. The molecule has 4 rings (SSSR count). The maximum atomic E-state index is 13.3. The number of benzene rings is 1. The maximum absolute atomic E-state index is 13.3. The molecular formula is C26H41N3O. The van der Waals surface area contributed by atoms with Gasteiger partial charge in [0.25, 0.3) is 0 Å². The van der Waals surface area contributed by atoms with Crippen molar-refractivity contribution in [2.45, 2.75) is 77.7 Å².